The van der Waals surface area contributed by atoms with Gasteiger partial charge in [0.25, 0.3) is 0 Å². The van der Waals surface area contributed by atoms with Crippen LogP contribution >= 0.6 is 11.6 Å². The van der Waals surface area contributed by atoms with E-state index in [0.29, 0.717) is 28.5 Å². The lowest BCUT2D eigenvalue weighted by Gasteiger charge is -2.08. The van der Waals surface area contributed by atoms with Gasteiger partial charge in [-0.25, -0.2) is 4.79 Å². The third-order valence-electron chi connectivity index (χ3n) is 2.07. The number of benzene rings is 1. The van der Waals surface area contributed by atoms with Gasteiger partial charge in [-0.3, -0.25) is 0 Å². The van der Waals surface area contributed by atoms with E-state index in [0.717, 1.165) is 6.08 Å². The van der Waals surface area contributed by atoms with Gasteiger partial charge in [0.15, 0.2) is 0 Å². The van der Waals surface area contributed by atoms with Gasteiger partial charge in [-0.1, -0.05) is 17.7 Å². The third-order valence-corrected chi connectivity index (χ3v) is 2.37. The van der Waals surface area contributed by atoms with Gasteiger partial charge in [0.05, 0.1) is 18.2 Å². The highest BCUT2D eigenvalue weighted by atomic mass is 35.5. The van der Waals surface area contributed by atoms with E-state index in [-0.39, 0.29) is 6.61 Å². The largest absolute Gasteiger partial charge is 0.492 e. The van der Waals surface area contributed by atoms with E-state index in [4.69, 9.17) is 26.6 Å². The summed E-state index contributed by atoms with van der Waals surface area (Å²) in [4.78, 5) is 10.6. The van der Waals surface area contributed by atoms with Crippen molar-refractivity contribution in [3.8, 4) is 5.75 Å². The summed E-state index contributed by atoms with van der Waals surface area (Å²) in [6.07, 6.45) is 0.950. The number of carboxylic acid groups (broad SMARTS) is 1. The first-order valence-corrected chi connectivity index (χ1v) is 5.43. The Morgan fingerprint density at radius 3 is 2.71 bits per heavy atom. The first-order valence-electron chi connectivity index (χ1n) is 5.05. The zero-order chi connectivity index (χ0) is 12.8. The van der Waals surface area contributed by atoms with Gasteiger partial charge in [0.2, 0.25) is 0 Å². The maximum absolute atomic E-state index is 10.6. The average Bonchev–Trinajstić information content (AvgIpc) is 2.28. The molecule has 1 aromatic carbocycles. The van der Waals surface area contributed by atoms with Crippen molar-refractivity contribution < 1.29 is 19.7 Å². The Hall–Kier alpha value is -1.52. The lowest BCUT2D eigenvalue weighted by molar-refractivity contribution is -0.131. The van der Waals surface area contributed by atoms with E-state index in [9.17, 15) is 4.79 Å². The number of ether oxygens (including phenoxy) is 1. The molecule has 0 radical (unpaired) electrons. The lowest BCUT2D eigenvalue weighted by atomic mass is 10.1. The van der Waals surface area contributed by atoms with Crippen molar-refractivity contribution in [3.63, 3.8) is 0 Å². The molecule has 0 unspecified atom stereocenters. The maximum Gasteiger partial charge on any atom is 0.328 e. The van der Waals surface area contributed by atoms with Crippen LogP contribution in [0.5, 0.6) is 5.75 Å². The highest BCUT2D eigenvalue weighted by molar-refractivity contribution is 6.32. The van der Waals surface area contributed by atoms with E-state index in [1.165, 1.54) is 0 Å². The summed E-state index contributed by atoms with van der Waals surface area (Å²) in [6.45, 7) is 1.97. The van der Waals surface area contributed by atoms with Crippen LogP contribution in [0.4, 0.5) is 0 Å². The number of carboxylic acids is 1. The average molecular weight is 257 g/mol. The number of hydrogen-bond donors (Lipinski definition) is 2. The fourth-order valence-electron chi connectivity index (χ4n) is 1.34. The second kappa shape index (κ2) is 6.27. The van der Waals surface area contributed by atoms with Crippen molar-refractivity contribution in [1.82, 2.24) is 0 Å². The molecule has 1 rings (SSSR count). The third kappa shape index (κ3) is 3.76. The van der Waals surface area contributed by atoms with E-state index < -0.39 is 5.97 Å². The van der Waals surface area contributed by atoms with E-state index in [1.807, 2.05) is 6.92 Å². The highest BCUT2D eigenvalue weighted by Gasteiger charge is 2.07. The van der Waals surface area contributed by atoms with Crippen LogP contribution in [0.1, 0.15) is 12.5 Å². The number of carbonyl (C=O) groups is 1. The molecule has 17 heavy (non-hydrogen) atoms. The van der Waals surface area contributed by atoms with Crippen molar-refractivity contribution in [3.05, 3.63) is 34.9 Å². The van der Waals surface area contributed by atoms with Crippen LogP contribution in [0.15, 0.2) is 24.3 Å². The molecule has 0 fully saturated rings. The van der Waals surface area contributed by atoms with Gasteiger partial charge in [-0.2, -0.15) is 0 Å². The summed E-state index contributed by atoms with van der Waals surface area (Å²) in [5.74, 6) is -0.579. The highest BCUT2D eigenvalue weighted by Crippen LogP contribution is 2.28. The minimum absolute atomic E-state index is 0.294. The molecule has 0 heterocycles. The van der Waals surface area contributed by atoms with Crippen molar-refractivity contribution in [2.24, 2.45) is 0 Å². The Balaban J connectivity index is 3.07. The molecule has 92 valence electrons. The molecule has 0 aliphatic carbocycles. The molecule has 4 nitrogen and oxygen atoms in total. The lowest BCUT2D eigenvalue weighted by Crippen LogP contribution is -1.98. The fourth-order valence-corrected chi connectivity index (χ4v) is 1.58. The fraction of sp³-hybridized carbons (Fsp3) is 0.250. The molecule has 0 spiro atoms. The van der Waals surface area contributed by atoms with Crippen LogP contribution in [0, 0.1) is 0 Å². The van der Waals surface area contributed by atoms with Crippen LogP contribution < -0.4 is 4.74 Å². The second-order valence-electron chi connectivity index (χ2n) is 3.24. The standard InChI is InChI=1S/C12H13ClO4/c1-2-17-11-4-3-8(5-10(11)13)9(7-14)6-12(15)16/h3-6,14H,2,7H2,1H3,(H,15,16)/b9-6+. The van der Waals surface area contributed by atoms with Crippen LogP contribution in [0.3, 0.4) is 0 Å². The molecule has 5 heteroatoms. The topological polar surface area (TPSA) is 66.8 Å². The van der Waals surface area contributed by atoms with E-state index in [1.54, 1.807) is 18.2 Å². The Morgan fingerprint density at radius 1 is 1.53 bits per heavy atom. The number of aliphatic hydroxyl groups is 1. The molecule has 0 aliphatic heterocycles. The molecule has 0 atom stereocenters. The molecule has 0 aliphatic rings. The quantitative estimate of drug-likeness (QED) is 0.793. The molecule has 0 amide bonds. The molecule has 0 saturated heterocycles. The van der Waals surface area contributed by atoms with Crippen LogP contribution in [0.25, 0.3) is 5.57 Å². The predicted molar refractivity (Wildman–Crippen MR) is 65.3 cm³/mol. The Morgan fingerprint density at radius 2 is 2.24 bits per heavy atom. The maximum atomic E-state index is 10.6. The molecular formula is C12H13ClO4. The smallest absolute Gasteiger partial charge is 0.328 e. The molecular weight excluding hydrogens is 244 g/mol. The molecule has 2 N–H and O–H groups in total. The number of rotatable bonds is 5. The van der Waals surface area contributed by atoms with Gasteiger partial charge < -0.3 is 14.9 Å². The van der Waals surface area contributed by atoms with Crippen LogP contribution in [0.2, 0.25) is 5.02 Å². The minimum atomic E-state index is -1.11. The summed E-state index contributed by atoms with van der Waals surface area (Å²) >= 11 is 5.96. The first kappa shape index (κ1) is 13.5. The molecule has 0 aromatic heterocycles. The SMILES string of the molecule is CCOc1ccc(/C(=C/C(=O)O)CO)cc1Cl. The summed E-state index contributed by atoms with van der Waals surface area (Å²) in [7, 11) is 0. The molecule has 1 aromatic rings. The van der Waals surface area contributed by atoms with Gasteiger partial charge in [-0.15, -0.1) is 0 Å². The van der Waals surface area contributed by atoms with Gasteiger partial charge in [0, 0.05) is 6.08 Å². The van der Waals surface area contributed by atoms with Crippen molar-refractivity contribution >= 4 is 23.1 Å². The predicted octanol–water partition coefficient (Wildman–Crippen LogP) is 2.20. The van der Waals surface area contributed by atoms with Gasteiger partial charge >= 0.3 is 5.97 Å². The Labute approximate surface area is 104 Å². The summed E-state index contributed by atoms with van der Waals surface area (Å²) in [5, 5.41) is 18.1. The van der Waals surface area contributed by atoms with Crippen LogP contribution in [-0.2, 0) is 4.79 Å². The summed E-state index contributed by atoms with van der Waals surface area (Å²) < 4.78 is 5.26. The second-order valence-corrected chi connectivity index (χ2v) is 3.65. The zero-order valence-electron chi connectivity index (χ0n) is 9.31. The Kier molecular flexibility index (Phi) is 5.00. The van der Waals surface area contributed by atoms with Gasteiger partial charge in [0.1, 0.15) is 5.75 Å². The van der Waals surface area contributed by atoms with E-state index in [2.05, 4.69) is 0 Å². The van der Waals surface area contributed by atoms with E-state index >= 15 is 0 Å². The zero-order valence-corrected chi connectivity index (χ0v) is 10.1. The number of aliphatic carboxylic acids is 1. The van der Waals surface area contributed by atoms with Crippen molar-refractivity contribution in [1.29, 1.82) is 0 Å². The first-order chi connectivity index (χ1) is 8.08. The molecule has 0 bridgehead atoms. The van der Waals surface area contributed by atoms with Crippen molar-refractivity contribution in [2.75, 3.05) is 13.2 Å². The Bertz CT molecular complexity index is 440. The number of halogens is 1. The normalized spacial score (nSPS) is 11.4. The van der Waals surface area contributed by atoms with Crippen molar-refractivity contribution in [2.45, 2.75) is 6.92 Å². The monoisotopic (exact) mass is 256 g/mol. The summed E-state index contributed by atoms with van der Waals surface area (Å²) in [5.41, 5.74) is 0.853. The number of hydrogen-bond acceptors (Lipinski definition) is 3. The summed E-state index contributed by atoms with van der Waals surface area (Å²) in [6, 6.07) is 4.87. The van der Waals surface area contributed by atoms with Crippen LogP contribution in [-0.4, -0.2) is 29.4 Å². The minimum Gasteiger partial charge on any atom is -0.492 e. The molecule has 0 saturated carbocycles. The van der Waals surface area contributed by atoms with Gasteiger partial charge in [-0.05, 0) is 30.2 Å². The number of aliphatic hydroxyl groups excluding tert-OH is 1.